The summed E-state index contributed by atoms with van der Waals surface area (Å²) in [5.41, 5.74) is 1.68. The lowest BCUT2D eigenvalue weighted by atomic mass is 9.98. The lowest BCUT2D eigenvalue weighted by Crippen LogP contribution is -2.23. The van der Waals surface area contributed by atoms with Crippen LogP contribution in [0.15, 0.2) is 51.4 Å². The summed E-state index contributed by atoms with van der Waals surface area (Å²) in [7, 11) is 0. The summed E-state index contributed by atoms with van der Waals surface area (Å²) in [6.45, 7) is 2.78. The van der Waals surface area contributed by atoms with Gasteiger partial charge in [-0.2, -0.15) is 0 Å². The molecule has 0 heterocycles. The van der Waals surface area contributed by atoms with Crippen LogP contribution in [-0.2, 0) is 0 Å². The fraction of sp³-hybridized carbons (Fsp3) is 0.200. The molecule has 0 bridgehead atoms. The molecule has 0 aliphatic carbocycles. The summed E-state index contributed by atoms with van der Waals surface area (Å²) in [6.07, 6.45) is 0. The Labute approximate surface area is 129 Å². The van der Waals surface area contributed by atoms with Crippen LogP contribution in [0.3, 0.4) is 0 Å². The number of nitrogens with one attached hydrogen (secondary N) is 1. The van der Waals surface area contributed by atoms with E-state index in [-0.39, 0.29) is 11.9 Å². The first-order chi connectivity index (χ1) is 9.13. The zero-order valence-electron chi connectivity index (χ0n) is 10.5. The van der Waals surface area contributed by atoms with Gasteiger partial charge >= 0.3 is 0 Å². The van der Waals surface area contributed by atoms with Gasteiger partial charge in [0.15, 0.2) is 0 Å². The van der Waals surface area contributed by atoms with Crippen molar-refractivity contribution in [2.24, 2.45) is 0 Å². The third kappa shape index (κ3) is 3.44. The molecule has 1 unspecified atom stereocenters. The van der Waals surface area contributed by atoms with Gasteiger partial charge in [-0.15, -0.1) is 0 Å². The minimum atomic E-state index is -0.214. The van der Waals surface area contributed by atoms with E-state index < -0.39 is 0 Å². The van der Waals surface area contributed by atoms with E-state index in [9.17, 15) is 4.39 Å². The maximum atomic E-state index is 14.3. The van der Waals surface area contributed by atoms with Crippen molar-refractivity contribution in [1.82, 2.24) is 5.32 Å². The first kappa shape index (κ1) is 14.7. The quantitative estimate of drug-likeness (QED) is 0.775. The minimum absolute atomic E-state index is 0.153. The van der Waals surface area contributed by atoms with Gasteiger partial charge in [-0.05, 0) is 46.2 Å². The van der Waals surface area contributed by atoms with E-state index >= 15 is 0 Å². The van der Waals surface area contributed by atoms with E-state index in [2.05, 4.69) is 37.2 Å². The summed E-state index contributed by atoms with van der Waals surface area (Å²) in [5.74, 6) is -0.214. The molecule has 0 aromatic heterocycles. The molecule has 0 saturated heterocycles. The number of hydrogen-bond donors (Lipinski definition) is 1. The zero-order valence-corrected chi connectivity index (χ0v) is 13.6. The van der Waals surface area contributed by atoms with Crippen LogP contribution in [-0.4, -0.2) is 6.54 Å². The Balaban J connectivity index is 2.48. The number of halogens is 3. The fourth-order valence-corrected chi connectivity index (χ4v) is 2.84. The van der Waals surface area contributed by atoms with Gasteiger partial charge < -0.3 is 5.32 Å². The van der Waals surface area contributed by atoms with Crippen LogP contribution in [0.5, 0.6) is 0 Å². The molecule has 0 radical (unpaired) electrons. The SMILES string of the molecule is CCNC(c1cccc(Br)c1)c1cccc(Br)c1F. The largest absolute Gasteiger partial charge is 0.306 e. The maximum absolute atomic E-state index is 14.3. The van der Waals surface area contributed by atoms with Crippen molar-refractivity contribution in [3.05, 3.63) is 68.4 Å². The van der Waals surface area contributed by atoms with E-state index in [0.29, 0.717) is 10.0 Å². The lowest BCUT2D eigenvalue weighted by Gasteiger charge is -2.20. The van der Waals surface area contributed by atoms with Crippen molar-refractivity contribution < 1.29 is 4.39 Å². The summed E-state index contributed by atoms with van der Waals surface area (Å²) in [6, 6.07) is 13.2. The number of hydrogen-bond acceptors (Lipinski definition) is 1. The molecule has 100 valence electrons. The molecule has 0 saturated carbocycles. The van der Waals surface area contributed by atoms with Gasteiger partial charge in [0, 0.05) is 10.0 Å². The Kier molecular flexibility index (Phi) is 5.13. The fourth-order valence-electron chi connectivity index (χ4n) is 2.04. The zero-order chi connectivity index (χ0) is 13.8. The Bertz CT molecular complexity index is 572. The molecule has 2 aromatic rings. The van der Waals surface area contributed by atoms with Gasteiger partial charge in [-0.1, -0.05) is 47.1 Å². The highest BCUT2D eigenvalue weighted by Crippen LogP contribution is 2.29. The predicted molar refractivity (Wildman–Crippen MR) is 83.8 cm³/mol. The van der Waals surface area contributed by atoms with E-state index in [1.807, 2.05) is 43.3 Å². The molecular weight excluding hydrogens is 373 g/mol. The van der Waals surface area contributed by atoms with Gasteiger partial charge in [0.1, 0.15) is 5.82 Å². The second-order valence-corrected chi connectivity index (χ2v) is 5.96. The smallest absolute Gasteiger partial charge is 0.142 e. The standard InChI is InChI=1S/C15H14Br2FN/c1-2-19-15(10-5-3-6-11(16)9-10)12-7-4-8-13(17)14(12)18/h3-9,15,19H,2H2,1H3. The molecule has 0 amide bonds. The molecule has 19 heavy (non-hydrogen) atoms. The molecule has 0 fully saturated rings. The Hall–Kier alpha value is -0.710. The first-order valence-electron chi connectivity index (χ1n) is 6.06. The molecule has 1 atom stereocenters. The van der Waals surface area contributed by atoms with Crippen molar-refractivity contribution in [3.8, 4) is 0 Å². The van der Waals surface area contributed by atoms with Crippen molar-refractivity contribution in [1.29, 1.82) is 0 Å². The number of rotatable bonds is 4. The molecule has 2 aromatic carbocycles. The summed E-state index contributed by atoms with van der Waals surface area (Å²) < 4.78 is 15.7. The van der Waals surface area contributed by atoms with Gasteiger partial charge in [-0.25, -0.2) is 4.39 Å². The third-order valence-corrected chi connectivity index (χ3v) is 3.99. The highest BCUT2D eigenvalue weighted by Gasteiger charge is 2.18. The maximum Gasteiger partial charge on any atom is 0.142 e. The highest BCUT2D eigenvalue weighted by atomic mass is 79.9. The average molecular weight is 387 g/mol. The monoisotopic (exact) mass is 385 g/mol. The highest BCUT2D eigenvalue weighted by molar-refractivity contribution is 9.10. The van der Waals surface area contributed by atoms with Crippen molar-refractivity contribution in [2.45, 2.75) is 13.0 Å². The van der Waals surface area contributed by atoms with Crippen molar-refractivity contribution >= 4 is 31.9 Å². The van der Waals surface area contributed by atoms with Crippen LogP contribution in [0.4, 0.5) is 4.39 Å². The Morgan fingerprint density at radius 3 is 2.58 bits per heavy atom. The van der Waals surface area contributed by atoms with Gasteiger partial charge in [-0.3, -0.25) is 0 Å². The summed E-state index contributed by atoms with van der Waals surface area (Å²) >= 11 is 6.70. The predicted octanol–water partition coefficient (Wildman–Crippen LogP) is 5.05. The Morgan fingerprint density at radius 2 is 1.89 bits per heavy atom. The van der Waals surface area contributed by atoms with Crippen LogP contribution in [0.1, 0.15) is 24.1 Å². The van der Waals surface area contributed by atoms with Crippen LogP contribution in [0.25, 0.3) is 0 Å². The van der Waals surface area contributed by atoms with Crippen LogP contribution in [0.2, 0.25) is 0 Å². The van der Waals surface area contributed by atoms with E-state index in [4.69, 9.17) is 0 Å². The average Bonchev–Trinajstić information content (AvgIpc) is 2.40. The Morgan fingerprint density at radius 1 is 1.16 bits per heavy atom. The summed E-state index contributed by atoms with van der Waals surface area (Å²) in [5, 5.41) is 3.33. The van der Waals surface area contributed by atoms with Crippen LogP contribution in [0, 0.1) is 5.82 Å². The normalized spacial score (nSPS) is 12.4. The first-order valence-corrected chi connectivity index (χ1v) is 7.65. The molecule has 0 aliphatic rings. The second kappa shape index (κ2) is 6.64. The van der Waals surface area contributed by atoms with Crippen molar-refractivity contribution in [2.75, 3.05) is 6.54 Å². The summed E-state index contributed by atoms with van der Waals surface area (Å²) in [4.78, 5) is 0. The molecule has 0 aliphatic heterocycles. The molecule has 0 spiro atoms. The molecule has 2 rings (SSSR count). The molecule has 1 N–H and O–H groups in total. The van der Waals surface area contributed by atoms with E-state index in [1.54, 1.807) is 6.07 Å². The van der Waals surface area contributed by atoms with E-state index in [1.165, 1.54) is 0 Å². The number of benzene rings is 2. The lowest BCUT2D eigenvalue weighted by molar-refractivity contribution is 0.555. The molecule has 4 heteroatoms. The third-order valence-electron chi connectivity index (χ3n) is 2.88. The topological polar surface area (TPSA) is 12.0 Å². The van der Waals surface area contributed by atoms with Crippen LogP contribution >= 0.6 is 31.9 Å². The minimum Gasteiger partial charge on any atom is -0.306 e. The van der Waals surface area contributed by atoms with Gasteiger partial charge in [0.2, 0.25) is 0 Å². The van der Waals surface area contributed by atoms with Gasteiger partial charge in [0.25, 0.3) is 0 Å². The molecule has 1 nitrogen and oxygen atoms in total. The second-order valence-electron chi connectivity index (χ2n) is 4.19. The van der Waals surface area contributed by atoms with E-state index in [0.717, 1.165) is 16.6 Å². The van der Waals surface area contributed by atoms with Crippen molar-refractivity contribution in [3.63, 3.8) is 0 Å². The van der Waals surface area contributed by atoms with Crippen LogP contribution < -0.4 is 5.32 Å². The molecular formula is C15H14Br2FN. The van der Waals surface area contributed by atoms with Gasteiger partial charge in [0.05, 0.1) is 10.5 Å².